The summed E-state index contributed by atoms with van der Waals surface area (Å²) in [5, 5.41) is 2.88. The number of rotatable bonds is 7. The van der Waals surface area contributed by atoms with Gasteiger partial charge in [-0.2, -0.15) is 0 Å². The Hall–Kier alpha value is -2.23. The van der Waals surface area contributed by atoms with E-state index in [1.54, 1.807) is 6.26 Å². The predicted molar refractivity (Wildman–Crippen MR) is 77.9 cm³/mol. The molecule has 0 radical (unpaired) electrons. The second-order valence-electron chi connectivity index (χ2n) is 4.47. The predicted octanol–water partition coefficient (Wildman–Crippen LogP) is 3.64. The van der Waals surface area contributed by atoms with Crippen molar-refractivity contribution in [1.29, 1.82) is 0 Å². The quantitative estimate of drug-likeness (QED) is 0.838. The lowest BCUT2D eigenvalue weighted by Gasteiger charge is -2.11. The number of carbonyl (C=O) groups is 1. The van der Waals surface area contributed by atoms with E-state index in [9.17, 15) is 4.79 Å². The molecule has 0 aliphatic carbocycles. The average Bonchev–Trinajstić information content (AvgIpc) is 2.97. The second kappa shape index (κ2) is 7.38. The molecule has 0 saturated carbocycles. The molecule has 0 aliphatic rings. The summed E-state index contributed by atoms with van der Waals surface area (Å²) < 4.78 is 10.8. The van der Waals surface area contributed by atoms with Gasteiger partial charge in [0.05, 0.1) is 18.6 Å². The molecule has 4 heteroatoms. The van der Waals surface area contributed by atoms with Crippen LogP contribution in [0.15, 0.2) is 47.1 Å². The van der Waals surface area contributed by atoms with Crippen LogP contribution in [-0.4, -0.2) is 12.5 Å². The number of hydrogen-bond donors (Lipinski definition) is 1. The Labute approximate surface area is 118 Å². The Balaban J connectivity index is 1.90. The van der Waals surface area contributed by atoms with E-state index in [-0.39, 0.29) is 5.91 Å². The second-order valence-corrected chi connectivity index (χ2v) is 4.47. The topological polar surface area (TPSA) is 51.5 Å². The van der Waals surface area contributed by atoms with Crippen LogP contribution in [0.5, 0.6) is 5.75 Å². The fourth-order valence-electron chi connectivity index (χ4n) is 1.81. The highest BCUT2D eigenvalue weighted by molar-refractivity contribution is 5.92. The SMILES string of the molecule is CCCOc1ccccc1NC(=O)CCc1ccco1. The largest absolute Gasteiger partial charge is 0.491 e. The van der Waals surface area contributed by atoms with E-state index in [0.717, 1.165) is 12.2 Å². The number of anilines is 1. The normalized spacial score (nSPS) is 10.2. The number of carbonyl (C=O) groups excluding carboxylic acids is 1. The maximum atomic E-state index is 11.9. The number of ether oxygens (including phenoxy) is 1. The summed E-state index contributed by atoms with van der Waals surface area (Å²) >= 11 is 0. The molecule has 0 atom stereocenters. The van der Waals surface area contributed by atoms with Crippen molar-refractivity contribution in [2.24, 2.45) is 0 Å². The molecule has 2 rings (SSSR count). The first kappa shape index (κ1) is 14.2. The molecule has 1 aromatic carbocycles. The van der Waals surface area contributed by atoms with Gasteiger partial charge in [0, 0.05) is 12.8 Å². The van der Waals surface area contributed by atoms with Gasteiger partial charge in [-0.15, -0.1) is 0 Å². The lowest BCUT2D eigenvalue weighted by Crippen LogP contribution is -2.13. The monoisotopic (exact) mass is 273 g/mol. The van der Waals surface area contributed by atoms with Gasteiger partial charge >= 0.3 is 0 Å². The van der Waals surface area contributed by atoms with Crippen LogP contribution >= 0.6 is 0 Å². The molecule has 0 unspecified atom stereocenters. The van der Waals surface area contributed by atoms with Gasteiger partial charge in [-0.05, 0) is 30.7 Å². The first-order valence-corrected chi connectivity index (χ1v) is 6.83. The van der Waals surface area contributed by atoms with Gasteiger partial charge < -0.3 is 14.5 Å². The molecular weight excluding hydrogens is 254 g/mol. The molecule has 1 heterocycles. The Kier molecular flexibility index (Phi) is 5.24. The van der Waals surface area contributed by atoms with E-state index in [4.69, 9.17) is 9.15 Å². The maximum Gasteiger partial charge on any atom is 0.224 e. The van der Waals surface area contributed by atoms with Crippen molar-refractivity contribution >= 4 is 11.6 Å². The number of benzene rings is 1. The number of nitrogens with one attached hydrogen (secondary N) is 1. The van der Waals surface area contributed by atoms with Crippen LogP contribution in [0.3, 0.4) is 0 Å². The molecule has 1 N–H and O–H groups in total. The fraction of sp³-hybridized carbons (Fsp3) is 0.312. The maximum absolute atomic E-state index is 11.9. The van der Waals surface area contributed by atoms with Gasteiger partial charge in [0.25, 0.3) is 0 Å². The van der Waals surface area contributed by atoms with E-state index < -0.39 is 0 Å². The van der Waals surface area contributed by atoms with Crippen molar-refractivity contribution in [2.45, 2.75) is 26.2 Å². The standard InChI is InChI=1S/C16H19NO3/c1-2-11-20-15-8-4-3-7-14(15)17-16(18)10-9-13-6-5-12-19-13/h3-8,12H,2,9-11H2,1H3,(H,17,18). The lowest BCUT2D eigenvalue weighted by molar-refractivity contribution is -0.116. The lowest BCUT2D eigenvalue weighted by atomic mass is 10.2. The van der Waals surface area contributed by atoms with Crippen LogP contribution < -0.4 is 10.1 Å². The van der Waals surface area contributed by atoms with Gasteiger partial charge in [-0.1, -0.05) is 19.1 Å². The van der Waals surface area contributed by atoms with Crippen molar-refractivity contribution in [2.75, 3.05) is 11.9 Å². The number of para-hydroxylation sites is 2. The Morgan fingerprint density at radius 1 is 1.25 bits per heavy atom. The van der Waals surface area contributed by atoms with Crippen LogP contribution in [0.25, 0.3) is 0 Å². The van der Waals surface area contributed by atoms with Crippen molar-refractivity contribution in [3.63, 3.8) is 0 Å². The van der Waals surface area contributed by atoms with Crippen LogP contribution in [0.2, 0.25) is 0 Å². The molecule has 0 spiro atoms. The van der Waals surface area contributed by atoms with E-state index in [2.05, 4.69) is 5.32 Å². The number of hydrogen-bond acceptors (Lipinski definition) is 3. The Morgan fingerprint density at radius 3 is 2.85 bits per heavy atom. The van der Waals surface area contributed by atoms with E-state index in [0.29, 0.717) is 30.9 Å². The minimum absolute atomic E-state index is 0.0473. The number of aryl methyl sites for hydroxylation is 1. The minimum atomic E-state index is -0.0473. The molecule has 106 valence electrons. The summed E-state index contributed by atoms with van der Waals surface area (Å²) in [5.41, 5.74) is 0.713. The van der Waals surface area contributed by atoms with Crippen molar-refractivity contribution < 1.29 is 13.9 Å². The summed E-state index contributed by atoms with van der Waals surface area (Å²) in [6.07, 6.45) is 3.52. The third kappa shape index (κ3) is 4.16. The zero-order valence-electron chi connectivity index (χ0n) is 11.6. The van der Waals surface area contributed by atoms with Crippen LogP contribution in [0.1, 0.15) is 25.5 Å². The highest BCUT2D eigenvalue weighted by Crippen LogP contribution is 2.24. The Bertz CT molecular complexity index is 534. The van der Waals surface area contributed by atoms with Gasteiger partial charge in [0.2, 0.25) is 5.91 Å². The van der Waals surface area contributed by atoms with Crippen molar-refractivity contribution in [1.82, 2.24) is 0 Å². The zero-order valence-corrected chi connectivity index (χ0v) is 11.6. The Morgan fingerprint density at radius 2 is 2.10 bits per heavy atom. The molecule has 0 saturated heterocycles. The van der Waals surface area contributed by atoms with Crippen molar-refractivity contribution in [3.8, 4) is 5.75 Å². The third-order valence-electron chi connectivity index (χ3n) is 2.80. The first-order chi connectivity index (χ1) is 9.79. The van der Waals surface area contributed by atoms with Crippen LogP contribution in [0, 0.1) is 0 Å². The van der Waals surface area contributed by atoms with E-state index in [1.807, 2.05) is 43.3 Å². The highest BCUT2D eigenvalue weighted by atomic mass is 16.5. The average molecular weight is 273 g/mol. The van der Waals surface area contributed by atoms with Gasteiger partial charge in [0.15, 0.2) is 0 Å². The first-order valence-electron chi connectivity index (χ1n) is 6.83. The highest BCUT2D eigenvalue weighted by Gasteiger charge is 2.08. The summed E-state index contributed by atoms with van der Waals surface area (Å²) in [6.45, 7) is 2.68. The summed E-state index contributed by atoms with van der Waals surface area (Å²) in [6, 6.07) is 11.2. The van der Waals surface area contributed by atoms with Gasteiger partial charge in [-0.3, -0.25) is 4.79 Å². The van der Waals surface area contributed by atoms with Gasteiger partial charge in [-0.25, -0.2) is 0 Å². The minimum Gasteiger partial charge on any atom is -0.491 e. The zero-order chi connectivity index (χ0) is 14.2. The summed E-state index contributed by atoms with van der Waals surface area (Å²) in [4.78, 5) is 11.9. The van der Waals surface area contributed by atoms with Crippen LogP contribution in [-0.2, 0) is 11.2 Å². The summed E-state index contributed by atoms with van der Waals surface area (Å²) in [7, 11) is 0. The van der Waals surface area contributed by atoms with Crippen LogP contribution in [0.4, 0.5) is 5.69 Å². The molecule has 4 nitrogen and oxygen atoms in total. The van der Waals surface area contributed by atoms with E-state index in [1.165, 1.54) is 0 Å². The number of furan rings is 1. The molecule has 1 amide bonds. The van der Waals surface area contributed by atoms with E-state index >= 15 is 0 Å². The fourth-order valence-corrected chi connectivity index (χ4v) is 1.81. The molecule has 0 fully saturated rings. The van der Waals surface area contributed by atoms with Gasteiger partial charge in [0.1, 0.15) is 11.5 Å². The summed E-state index contributed by atoms with van der Waals surface area (Å²) in [5.74, 6) is 1.48. The molecule has 2 aromatic rings. The third-order valence-corrected chi connectivity index (χ3v) is 2.80. The van der Waals surface area contributed by atoms with Crippen molar-refractivity contribution in [3.05, 3.63) is 48.4 Å². The smallest absolute Gasteiger partial charge is 0.224 e. The molecule has 0 aliphatic heterocycles. The molecular formula is C16H19NO3. The number of amides is 1. The molecule has 20 heavy (non-hydrogen) atoms. The molecule has 0 bridgehead atoms. The molecule has 1 aromatic heterocycles.